The fraction of sp³-hybridized carbons (Fsp3) is 0.889. The van der Waals surface area contributed by atoms with Crippen molar-refractivity contribution in [1.82, 2.24) is 4.90 Å². The topological polar surface area (TPSA) is 46.3 Å². The molecule has 0 aromatic carbocycles. The van der Waals surface area contributed by atoms with Crippen molar-refractivity contribution in [2.75, 3.05) is 13.6 Å². The van der Waals surface area contributed by atoms with E-state index in [1.54, 1.807) is 0 Å². The second-order valence-corrected chi connectivity index (χ2v) is 4.05. The number of hydrogen-bond donors (Lipinski definition) is 1. The first-order valence-electron chi connectivity index (χ1n) is 4.70. The molecule has 6 heteroatoms. The van der Waals surface area contributed by atoms with E-state index < -0.39 is 24.7 Å². The van der Waals surface area contributed by atoms with Crippen LogP contribution in [-0.4, -0.2) is 36.6 Å². The highest BCUT2D eigenvalue weighted by molar-refractivity contribution is 5.81. The van der Waals surface area contributed by atoms with Crippen LogP contribution in [0.25, 0.3) is 0 Å². The van der Waals surface area contributed by atoms with Gasteiger partial charge in [0.25, 0.3) is 0 Å². The van der Waals surface area contributed by atoms with E-state index in [1.807, 2.05) is 13.8 Å². The molecule has 3 nitrogen and oxygen atoms in total. The molecule has 15 heavy (non-hydrogen) atoms. The lowest BCUT2D eigenvalue weighted by Gasteiger charge is -2.23. The Balaban J connectivity index is 4.20. The van der Waals surface area contributed by atoms with Gasteiger partial charge in [0.05, 0.1) is 6.04 Å². The van der Waals surface area contributed by atoms with Gasteiger partial charge in [-0.2, -0.15) is 13.2 Å². The van der Waals surface area contributed by atoms with Crippen molar-refractivity contribution in [1.29, 1.82) is 0 Å². The van der Waals surface area contributed by atoms with Crippen LogP contribution in [0.4, 0.5) is 13.2 Å². The number of halogens is 3. The van der Waals surface area contributed by atoms with E-state index in [2.05, 4.69) is 0 Å². The maximum Gasteiger partial charge on any atom is 0.406 e. The number of rotatable bonds is 4. The van der Waals surface area contributed by atoms with Crippen LogP contribution in [0.2, 0.25) is 0 Å². The normalized spacial score (nSPS) is 14.1. The predicted molar refractivity (Wildman–Crippen MR) is 51.1 cm³/mol. The van der Waals surface area contributed by atoms with Crippen molar-refractivity contribution in [3.05, 3.63) is 0 Å². The zero-order chi connectivity index (χ0) is 12.2. The molecule has 0 aliphatic rings. The largest absolute Gasteiger partial charge is 0.406 e. The fourth-order valence-corrected chi connectivity index (χ4v) is 1.24. The first-order chi connectivity index (χ1) is 6.63. The summed E-state index contributed by atoms with van der Waals surface area (Å²) in [5.74, 6) is -0.482. The summed E-state index contributed by atoms with van der Waals surface area (Å²) < 4.78 is 35.9. The Bertz CT molecular complexity index is 216. The van der Waals surface area contributed by atoms with Gasteiger partial charge >= 0.3 is 6.18 Å². The lowest BCUT2D eigenvalue weighted by Crippen LogP contribution is -2.45. The molecule has 0 aromatic rings. The van der Waals surface area contributed by atoms with Gasteiger partial charge in [-0.25, -0.2) is 0 Å². The molecular weight excluding hydrogens is 209 g/mol. The summed E-state index contributed by atoms with van der Waals surface area (Å²) in [7, 11) is 1.11. The average molecular weight is 226 g/mol. The van der Waals surface area contributed by atoms with Crippen molar-refractivity contribution < 1.29 is 18.0 Å². The van der Waals surface area contributed by atoms with Crippen LogP contribution in [-0.2, 0) is 4.79 Å². The van der Waals surface area contributed by atoms with E-state index in [-0.39, 0.29) is 5.92 Å². The first-order valence-corrected chi connectivity index (χ1v) is 4.70. The molecule has 2 N–H and O–H groups in total. The average Bonchev–Trinajstić information content (AvgIpc) is 1.98. The van der Waals surface area contributed by atoms with Crippen LogP contribution >= 0.6 is 0 Å². The third-order valence-electron chi connectivity index (χ3n) is 1.84. The summed E-state index contributed by atoms with van der Waals surface area (Å²) in [5.41, 5.74) is 5.48. The van der Waals surface area contributed by atoms with E-state index in [4.69, 9.17) is 5.73 Å². The van der Waals surface area contributed by atoms with Gasteiger partial charge in [-0.15, -0.1) is 0 Å². The van der Waals surface area contributed by atoms with E-state index in [0.29, 0.717) is 11.3 Å². The number of carbonyl (C=O) groups is 1. The summed E-state index contributed by atoms with van der Waals surface area (Å²) in [6.45, 7) is 2.46. The molecule has 0 rings (SSSR count). The fourth-order valence-electron chi connectivity index (χ4n) is 1.24. The molecule has 0 bridgehead atoms. The van der Waals surface area contributed by atoms with E-state index in [0.717, 1.165) is 7.05 Å². The number of nitrogens with zero attached hydrogens (tertiary/aromatic N) is 1. The molecule has 90 valence electrons. The van der Waals surface area contributed by atoms with Crippen LogP contribution in [0.15, 0.2) is 0 Å². The molecule has 0 spiro atoms. The maximum absolute atomic E-state index is 12.0. The zero-order valence-corrected chi connectivity index (χ0v) is 9.14. The quantitative estimate of drug-likeness (QED) is 0.787. The molecule has 1 unspecified atom stereocenters. The van der Waals surface area contributed by atoms with Gasteiger partial charge in [0.2, 0.25) is 5.91 Å². The minimum absolute atomic E-state index is 0.184. The van der Waals surface area contributed by atoms with Crippen molar-refractivity contribution in [3.8, 4) is 0 Å². The van der Waals surface area contributed by atoms with Crippen molar-refractivity contribution >= 4 is 5.91 Å². The third kappa shape index (κ3) is 6.33. The number of likely N-dealkylation sites (N-methyl/N-ethyl adjacent to an activating group) is 1. The molecule has 0 radical (unpaired) electrons. The first kappa shape index (κ1) is 14.2. The minimum atomic E-state index is -4.37. The zero-order valence-electron chi connectivity index (χ0n) is 9.14. The van der Waals surface area contributed by atoms with Crippen LogP contribution in [0.1, 0.15) is 20.3 Å². The van der Waals surface area contributed by atoms with Gasteiger partial charge in [-0.3, -0.25) is 4.79 Å². The second-order valence-electron chi connectivity index (χ2n) is 4.05. The van der Waals surface area contributed by atoms with Gasteiger partial charge in [0, 0.05) is 7.05 Å². The number of nitrogens with two attached hydrogens (primary N) is 1. The van der Waals surface area contributed by atoms with E-state index in [1.165, 1.54) is 0 Å². The number of carbonyl (C=O) groups excluding carboxylic acids is 1. The molecule has 0 aliphatic heterocycles. The Labute approximate surface area is 87.4 Å². The minimum Gasteiger partial charge on any atom is -0.335 e. The van der Waals surface area contributed by atoms with Gasteiger partial charge in [0.15, 0.2) is 0 Å². The molecule has 0 aromatic heterocycles. The van der Waals surface area contributed by atoms with Crippen molar-refractivity contribution in [3.63, 3.8) is 0 Å². The van der Waals surface area contributed by atoms with Gasteiger partial charge in [-0.05, 0) is 12.3 Å². The number of hydrogen-bond acceptors (Lipinski definition) is 2. The van der Waals surface area contributed by atoms with Crippen LogP contribution in [0.3, 0.4) is 0 Å². The summed E-state index contributed by atoms with van der Waals surface area (Å²) in [5, 5.41) is 0. The Hall–Kier alpha value is -0.780. The van der Waals surface area contributed by atoms with E-state index >= 15 is 0 Å². The van der Waals surface area contributed by atoms with Crippen molar-refractivity contribution in [2.24, 2.45) is 11.7 Å². The predicted octanol–water partition coefficient (Wildman–Crippen LogP) is 1.38. The van der Waals surface area contributed by atoms with Gasteiger partial charge in [0.1, 0.15) is 6.54 Å². The molecular formula is C9H17F3N2O. The lowest BCUT2D eigenvalue weighted by atomic mass is 10.0. The Morgan fingerprint density at radius 1 is 1.40 bits per heavy atom. The Morgan fingerprint density at radius 3 is 2.20 bits per heavy atom. The molecule has 1 atom stereocenters. The van der Waals surface area contributed by atoms with Gasteiger partial charge in [-0.1, -0.05) is 13.8 Å². The maximum atomic E-state index is 12.0. The van der Waals surface area contributed by atoms with Gasteiger partial charge < -0.3 is 10.6 Å². The SMILES string of the molecule is CC(C)CC(N)C(=O)N(C)CC(F)(F)F. The highest BCUT2D eigenvalue weighted by Crippen LogP contribution is 2.16. The summed E-state index contributed by atoms with van der Waals surface area (Å²) in [6.07, 6.45) is -3.98. The molecule has 0 saturated heterocycles. The summed E-state index contributed by atoms with van der Waals surface area (Å²) >= 11 is 0. The van der Waals surface area contributed by atoms with Crippen molar-refractivity contribution in [2.45, 2.75) is 32.5 Å². The number of alkyl halides is 3. The Morgan fingerprint density at radius 2 is 1.87 bits per heavy atom. The Kier molecular flexibility index (Phi) is 5.07. The third-order valence-corrected chi connectivity index (χ3v) is 1.84. The summed E-state index contributed by atoms with van der Waals surface area (Å²) in [4.78, 5) is 12.0. The van der Waals surface area contributed by atoms with Crippen LogP contribution in [0, 0.1) is 5.92 Å². The van der Waals surface area contributed by atoms with E-state index in [9.17, 15) is 18.0 Å². The van der Waals surface area contributed by atoms with Crippen LogP contribution in [0.5, 0.6) is 0 Å². The second kappa shape index (κ2) is 5.34. The van der Waals surface area contributed by atoms with Crippen LogP contribution < -0.4 is 5.73 Å². The smallest absolute Gasteiger partial charge is 0.335 e. The molecule has 1 amide bonds. The number of amides is 1. The molecule has 0 heterocycles. The highest BCUT2D eigenvalue weighted by atomic mass is 19.4. The monoisotopic (exact) mass is 226 g/mol. The highest BCUT2D eigenvalue weighted by Gasteiger charge is 2.32. The lowest BCUT2D eigenvalue weighted by molar-refractivity contribution is -0.159. The molecule has 0 fully saturated rings. The summed E-state index contributed by atoms with van der Waals surface area (Å²) in [6, 6.07) is -0.850. The standard InChI is InChI=1S/C9H17F3N2O/c1-6(2)4-7(13)8(15)14(3)5-9(10,11)12/h6-7H,4-5,13H2,1-3H3. The molecule has 0 saturated carbocycles. The molecule has 0 aliphatic carbocycles.